The van der Waals surface area contributed by atoms with Crippen molar-refractivity contribution in [2.75, 3.05) is 19.8 Å². The summed E-state index contributed by atoms with van der Waals surface area (Å²) in [6.45, 7) is 7.10. The third kappa shape index (κ3) is 7.74. The molecule has 0 saturated heterocycles. The quantitative estimate of drug-likeness (QED) is 0.606. The fraction of sp³-hybridized carbons (Fsp3) is 1.00. The van der Waals surface area contributed by atoms with Gasteiger partial charge in [-0.3, -0.25) is 0 Å². The van der Waals surface area contributed by atoms with E-state index in [2.05, 4.69) is 0 Å². The van der Waals surface area contributed by atoms with Crippen molar-refractivity contribution in [2.24, 2.45) is 0 Å². The molecule has 0 saturated carbocycles. The Morgan fingerprint density at radius 2 is 1.09 bits per heavy atom. The molecule has 0 aromatic heterocycles. The van der Waals surface area contributed by atoms with E-state index in [0.717, 1.165) is 0 Å². The molecule has 0 aromatic carbocycles. The lowest BCUT2D eigenvalue weighted by molar-refractivity contribution is -0.282. The van der Waals surface area contributed by atoms with Crippen molar-refractivity contribution in [3.8, 4) is 0 Å². The van der Waals surface area contributed by atoms with Crippen molar-refractivity contribution < 1.29 is 14.2 Å². The first kappa shape index (κ1) is 13.4. The van der Waals surface area contributed by atoms with Crippen LogP contribution in [0.25, 0.3) is 0 Å². The molecule has 3 N–H and O–H groups in total. The second-order valence-corrected chi connectivity index (χ2v) is 1.65. The lowest BCUT2D eigenvalue weighted by atomic mass is 10.8. The van der Waals surface area contributed by atoms with Crippen molar-refractivity contribution >= 4 is 0 Å². The van der Waals surface area contributed by atoms with E-state index >= 15 is 0 Å². The van der Waals surface area contributed by atoms with E-state index in [-0.39, 0.29) is 6.15 Å². The van der Waals surface area contributed by atoms with E-state index in [4.69, 9.17) is 14.2 Å². The van der Waals surface area contributed by atoms with E-state index in [1.165, 1.54) is 0 Å². The van der Waals surface area contributed by atoms with Gasteiger partial charge >= 0.3 is 0 Å². The first-order chi connectivity index (χ1) is 4.85. The van der Waals surface area contributed by atoms with Crippen LogP contribution in [0, 0.1) is 0 Å². The fourth-order valence-electron chi connectivity index (χ4n) is 0.553. The summed E-state index contributed by atoms with van der Waals surface area (Å²) < 4.78 is 15.2. The van der Waals surface area contributed by atoms with Crippen molar-refractivity contribution in [3.05, 3.63) is 0 Å². The Morgan fingerprint density at radius 1 is 0.818 bits per heavy atom. The van der Waals surface area contributed by atoms with Gasteiger partial charge in [-0.1, -0.05) is 0 Å². The van der Waals surface area contributed by atoms with Crippen LogP contribution in [-0.2, 0) is 14.2 Å². The maximum absolute atomic E-state index is 5.08. The second-order valence-electron chi connectivity index (χ2n) is 1.65. The molecule has 0 amide bonds. The van der Waals surface area contributed by atoms with Crippen LogP contribution in [0.15, 0.2) is 0 Å². The molecule has 0 aliphatic carbocycles. The molecule has 0 aliphatic heterocycles. The maximum atomic E-state index is 5.08. The third-order valence-electron chi connectivity index (χ3n) is 0.908. The molecule has 0 fully saturated rings. The normalized spacial score (nSPS) is 9.82. The first-order valence-electron chi connectivity index (χ1n) is 3.69. The van der Waals surface area contributed by atoms with Crippen LogP contribution in [0.3, 0.4) is 0 Å². The molecule has 0 spiro atoms. The first-order valence-corrected chi connectivity index (χ1v) is 3.69. The van der Waals surface area contributed by atoms with Crippen LogP contribution in [0.4, 0.5) is 0 Å². The zero-order valence-corrected chi connectivity index (χ0v) is 7.63. The smallest absolute Gasteiger partial charge is 0.271 e. The highest BCUT2D eigenvalue weighted by Gasteiger charge is 2.04. The van der Waals surface area contributed by atoms with Gasteiger partial charge in [-0.25, -0.2) is 0 Å². The van der Waals surface area contributed by atoms with Crippen molar-refractivity contribution in [1.82, 2.24) is 6.15 Å². The van der Waals surface area contributed by atoms with E-state index in [1.54, 1.807) is 0 Å². The van der Waals surface area contributed by atoms with Crippen LogP contribution in [0.2, 0.25) is 0 Å². The van der Waals surface area contributed by atoms with Crippen LogP contribution in [0.1, 0.15) is 20.8 Å². The van der Waals surface area contributed by atoms with Crippen molar-refractivity contribution in [2.45, 2.75) is 27.2 Å². The Morgan fingerprint density at radius 3 is 1.27 bits per heavy atom. The van der Waals surface area contributed by atoms with Crippen molar-refractivity contribution in [3.63, 3.8) is 0 Å². The second kappa shape index (κ2) is 9.84. The van der Waals surface area contributed by atoms with E-state index in [9.17, 15) is 0 Å². The predicted molar refractivity (Wildman–Crippen MR) is 43.7 cm³/mol. The Kier molecular flexibility index (Phi) is 12.0. The summed E-state index contributed by atoms with van der Waals surface area (Å²) in [6, 6.07) is 0. The summed E-state index contributed by atoms with van der Waals surface area (Å²) in [4.78, 5) is 0. The highest BCUT2D eigenvalue weighted by Crippen LogP contribution is 1.95. The molecule has 11 heavy (non-hydrogen) atoms. The number of rotatable bonds is 6. The van der Waals surface area contributed by atoms with Gasteiger partial charge in [0.25, 0.3) is 6.48 Å². The highest BCUT2D eigenvalue weighted by molar-refractivity contribution is 4.23. The molecule has 0 radical (unpaired) electrons. The van der Waals surface area contributed by atoms with Gasteiger partial charge in [0, 0.05) is 19.8 Å². The SMILES string of the molecule is CCOC(OCC)OCC.N. The molecule has 0 heterocycles. The number of hydrogen-bond donors (Lipinski definition) is 1. The number of hydrogen-bond acceptors (Lipinski definition) is 4. The molecule has 4 heteroatoms. The molecule has 4 nitrogen and oxygen atoms in total. The molecule has 0 aromatic rings. The summed E-state index contributed by atoms with van der Waals surface area (Å²) in [5.41, 5.74) is 0. The highest BCUT2D eigenvalue weighted by atomic mass is 16.8. The average Bonchev–Trinajstić information content (AvgIpc) is 1.90. The zero-order valence-electron chi connectivity index (χ0n) is 7.63. The third-order valence-corrected chi connectivity index (χ3v) is 0.908. The molecule has 0 bridgehead atoms. The van der Waals surface area contributed by atoms with Gasteiger partial charge < -0.3 is 20.4 Å². The van der Waals surface area contributed by atoms with E-state index < -0.39 is 6.48 Å². The molecule has 0 rings (SSSR count). The summed E-state index contributed by atoms with van der Waals surface area (Å²) in [5, 5.41) is 0. The largest absolute Gasteiger partial charge is 0.344 e. The summed E-state index contributed by atoms with van der Waals surface area (Å²) >= 11 is 0. The predicted octanol–water partition coefficient (Wildman–Crippen LogP) is 1.54. The van der Waals surface area contributed by atoms with Gasteiger partial charge in [-0.15, -0.1) is 0 Å². The molecular weight excluding hydrogens is 146 g/mol. The van der Waals surface area contributed by atoms with Gasteiger partial charge in [0.15, 0.2) is 0 Å². The zero-order chi connectivity index (χ0) is 7.82. The molecule has 0 atom stereocenters. The fourth-order valence-corrected chi connectivity index (χ4v) is 0.553. The summed E-state index contributed by atoms with van der Waals surface area (Å²) in [6.07, 6.45) is 0. The summed E-state index contributed by atoms with van der Waals surface area (Å²) in [7, 11) is 0. The van der Waals surface area contributed by atoms with Gasteiger partial charge in [0.1, 0.15) is 0 Å². The summed E-state index contributed by atoms with van der Waals surface area (Å²) in [5.74, 6) is 0. The molecular formula is C7H19NO3. The van der Waals surface area contributed by atoms with Crippen LogP contribution in [0.5, 0.6) is 0 Å². The van der Waals surface area contributed by atoms with Crippen molar-refractivity contribution in [1.29, 1.82) is 0 Å². The van der Waals surface area contributed by atoms with Gasteiger partial charge in [-0.2, -0.15) is 0 Å². The molecule has 70 valence electrons. The monoisotopic (exact) mass is 165 g/mol. The van der Waals surface area contributed by atoms with Gasteiger partial charge in [0.05, 0.1) is 0 Å². The Labute approximate surface area is 68.4 Å². The topological polar surface area (TPSA) is 62.7 Å². The lowest BCUT2D eigenvalue weighted by Crippen LogP contribution is -2.20. The Hall–Kier alpha value is -0.160. The maximum Gasteiger partial charge on any atom is 0.271 e. The van der Waals surface area contributed by atoms with Gasteiger partial charge in [-0.05, 0) is 20.8 Å². The molecule has 0 unspecified atom stereocenters. The molecule has 0 aliphatic rings. The lowest BCUT2D eigenvalue weighted by Gasteiger charge is -2.15. The average molecular weight is 165 g/mol. The van der Waals surface area contributed by atoms with E-state index in [0.29, 0.717) is 19.8 Å². The van der Waals surface area contributed by atoms with Gasteiger partial charge in [0.2, 0.25) is 0 Å². The van der Waals surface area contributed by atoms with Crippen LogP contribution < -0.4 is 6.15 Å². The van der Waals surface area contributed by atoms with E-state index in [1.807, 2.05) is 20.8 Å². The van der Waals surface area contributed by atoms with Crippen LogP contribution in [-0.4, -0.2) is 26.3 Å². The number of ether oxygens (including phenoxy) is 3. The Balaban J connectivity index is 0. The minimum atomic E-state index is -0.472. The Bertz CT molecular complexity index is 56.4. The minimum absolute atomic E-state index is 0. The van der Waals surface area contributed by atoms with Crippen LogP contribution >= 0.6 is 0 Å². The standard InChI is InChI=1S/C7H16O3.H3N/c1-4-8-7(9-5-2)10-6-3;/h7H,4-6H2,1-3H3;1H3. The minimum Gasteiger partial charge on any atom is -0.344 e.